The number of carbonyl (C=O) groups excluding carboxylic acids is 2. The first kappa shape index (κ1) is 25.3. The second-order valence-corrected chi connectivity index (χ2v) is 7.93. The molecule has 1 unspecified atom stereocenters. The first-order chi connectivity index (χ1) is 16.2. The van der Waals surface area contributed by atoms with Crippen LogP contribution in [0.1, 0.15) is 42.9 Å². The third kappa shape index (κ3) is 7.34. The van der Waals surface area contributed by atoms with Crippen molar-refractivity contribution in [2.75, 3.05) is 37.0 Å². The zero-order valence-electron chi connectivity index (χ0n) is 18.9. The van der Waals surface area contributed by atoms with Crippen molar-refractivity contribution in [3.8, 4) is 5.75 Å². The minimum absolute atomic E-state index is 0.0414. The number of fused-ring (bicyclic) bond motifs is 1. The summed E-state index contributed by atoms with van der Waals surface area (Å²) in [6.07, 6.45) is 0.246. The van der Waals surface area contributed by atoms with Crippen molar-refractivity contribution in [2.45, 2.75) is 38.1 Å². The quantitative estimate of drug-likeness (QED) is 0.559. The molecule has 2 aliphatic rings. The Bertz CT molecular complexity index is 981. The number of nitrogens with one attached hydrogen (secondary N) is 2. The largest absolute Gasteiger partial charge is 0.573 e. The summed E-state index contributed by atoms with van der Waals surface area (Å²) < 4.78 is 44.9. The zero-order chi connectivity index (χ0) is 24.7. The van der Waals surface area contributed by atoms with E-state index in [0.29, 0.717) is 31.0 Å². The van der Waals surface area contributed by atoms with Crippen molar-refractivity contribution < 1.29 is 32.2 Å². The van der Waals surface area contributed by atoms with E-state index in [-0.39, 0.29) is 18.3 Å². The Morgan fingerprint density at radius 3 is 2.59 bits per heavy atom. The predicted molar refractivity (Wildman–Crippen MR) is 120 cm³/mol. The number of halogens is 3. The number of carbonyl (C=O) groups is 2. The van der Waals surface area contributed by atoms with Gasteiger partial charge < -0.3 is 25.0 Å². The van der Waals surface area contributed by atoms with E-state index in [1.165, 1.54) is 42.7 Å². The van der Waals surface area contributed by atoms with Crippen LogP contribution in [-0.2, 0) is 14.3 Å². The van der Waals surface area contributed by atoms with Gasteiger partial charge in [-0.05, 0) is 55.0 Å². The van der Waals surface area contributed by atoms with Crippen LogP contribution >= 0.6 is 0 Å². The number of nitrogens with zero attached hydrogens (tertiary/aromatic N) is 2. The summed E-state index contributed by atoms with van der Waals surface area (Å²) in [5, 5.41) is 5.40. The van der Waals surface area contributed by atoms with E-state index in [0.717, 1.165) is 11.5 Å². The van der Waals surface area contributed by atoms with Crippen molar-refractivity contribution in [2.24, 2.45) is 0 Å². The number of pyridine rings is 1. The summed E-state index contributed by atoms with van der Waals surface area (Å²) in [6, 6.07) is 6.93. The number of hydrogen-bond acceptors (Lipinski definition) is 6. The van der Waals surface area contributed by atoms with Crippen LogP contribution in [0.3, 0.4) is 0 Å². The lowest BCUT2D eigenvalue weighted by molar-refractivity contribution is -0.274. The molecule has 1 fully saturated rings. The van der Waals surface area contributed by atoms with Gasteiger partial charge in [0.05, 0.1) is 24.9 Å². The van der Waals surface area contributed by atoms with Gasteiger partial charge in [0, 0.05) is 19.9 Å². The van der Waals surface area contributed by atoms with Crippen molar-refractivity contribution >= 4 is 23.8 Å². The lowest BCUT2D eigenvalue weighted by Gasteiger charge is -2.26. The molecule has 184 valence electrons. The molecule has 34 heavy (non-hydrogen) atoms. The van der Waals surface area contributed by atoms with Crippen LogP contribution in [0.2, 0.25) is 0 Å². The van der Waals surface area contributed by atoms with E-state index in [9.17, 15) is 22.8 Å². The molecular weight excluding hydrogens is 453 g/mol. The Hall–Kier alpha value is -3.34. The fraction of sp³-hybridized carbons (Fsp3) is 0.435. The zero-order valence-corrected chi connectivity index (χ0v) is 18.9. The maximum atomic E-state index is 12.0. The minimum Gasteiger partial charge on any atom is -0.406 e. The Morgan fingerprint density at radius 2 is 2.00 bits per heavy atom. The maximum absolute atomic E-state index is 12.0. The summed E-state index contributed by atoms with van der Waals surface area (Å²) in [5.74, 6) is 1.28. The van der Waals surface area contributed by atoms with Crippen LogP contribution in [0.15, 0.2) is 36.5 Å². The molecule has 2 amide bonds. The van der Waals surface area contributed by atoms with Gasteiger partial charge in [-0.15, -0.1) is 13.2 Å². The number of aromatic nitrogens is 1. The highest BCUT2D eigenvalue weighted by atomic mass is 19.4. The molecule has 0 radical (unpaired) electrons. The summed E-state index contributed by atoms with van der Waals surface area (Å²) in [5.41, 5.74) is 2.75. The Balaban J connectivity index is 0.000000195. The lowest BCUT2D eigenvalue weighted by Crippen LogP contribution is -2.36. The highest BCUT2D eigenvalue weighted by molar-refractivity contribution is 6.00. The molecule has 1 aliphatic heterocycles. The third-order valence-electron chi connectivity index (χ3n) is 5.23. The van der Waals surface area contributed by atoms with E-state index in [1.54, 1.807) is 6.92 Å². The van der Waals surface area contributed by atoms with Gasteiger partial charge in [0.2, 0.25) is 12.3 Å². The molecule has 2 heterocycles. The first-order valence-electron chi connectivity index (χ1n) is 10.8. The SMILES string of the molecule is CCOCC(NC=O)c1ccc(OC(F)(F)F)cc1.CN1CC(=O)Nc2cc(C3CC3)cnc21. The highest BCUT2D eigenvalue weighted by Gasteiger charge is 2.31. The van der Waals surface area contributed by atoms with Crippen LogP contribution in [0.5, 0.6) is 5.75 Å². The van der Waals surface area contributed by atoms with Crippen LogP contribution < -0.4 is 20.3 Å². The molecule has 1 atom stereocenters. The molecule has 4 rings (SSSR count). The van der Waals surface area contributed by atoms with Crippen molar-refractivity contribution in [1.82, 2.24) is 10.3 Å². The van der Waals surface area contributed by atoms with Crippen LogP contribution in [0.4, 0.5) is 24.7 Å². The lowest BCUT2D eigenvalue weighted by atomic mass is 10.1. The Morgan fingerprint density at radius 1 is 1.29 bits per heavy atom. The minimum atomic E-state index is -4.71. The van der Waals surface area contributed by atoms with Crippen LogP contribution in [0, 0.1) is 0 Å². The van der Waals surface area contributed by atoms with Gasteiger partial charge in [-0.3, -0.25) is 9.59 Å². The van der Waals surface area contributed by atoms with E-state index in [4.69, 9.17) is 4.74 Å². The topological polar surface area (TPSA) is 92.8 Å². The summed E-state index contributed by atoms with van der Waals surface area (Å²) in [4.78, 5) is 28.1. The summed E-state index contributed by atoms with van der Waals surface area (Å²) in [7, 11) is 1.89. The van der Waals surface area contributed by atoms with Gasteiger partial charge in [-0.1, -0.05) is 12.1 Å². The molecule has 0 spiro atoms. The molecule has 8 nitrogen and oxygen atoms in total. The monoisotopic (exact) mass is 480 g/mol. The van der Waals surface area contributed by atoms with Crippen molar-refractivity contribution in [3.05, 3.63) is 47.7 Å². The first-order valence-corrected chi connectivity index (χ1v) is 10.8. The molecule has 1 aliphatic carbocycles. The average Bonchev–Trinajstić information content (AvgIpc) is 3.62. The third-order valence-corrected chi connectivity index (χ3v) is 5.23. The number of ether oxygens (including phenoxy) is 2. The molecule has 1 aromatic carbocycles. The van der Waals surface area contributed by atoms with Crippen LogP contribution in [0.25, 0.3) is 0 Å². The number of rotatable bonds is 8. The van der Waals surface area contributed by atoms with E-state index < -0.39 is 12.4 Å². The summed E-state index contributed by atoms with van der Waals surface area (Å²) >= 11 is 0. The standard InChI is InChI=1S/C12H14F3NO3.C11H13N3O/c1-2-18-7-11(16-8-17)9-3-5-10(6-4-9)19-12(13,14)15;1-14-6-10(15)13-9-4-8(7-2-3-7)5-12-11(9)14/h3-6,8,11H,2,7H2,1H3,(H,16,17);4-5,7H,2-3,6H2,1H3,(H,13,15). The van der Waals surface area contributed by atoms with Gasteiger partial charge in [0.25, 0.3) is 0 Å². The van der Waals surface area contributed by atoms with Gasteiger partial charge in [0.1, 0.15) is 5.75 Å². The number of alkyl halides is 3. The van der Waals surface area contributed by atoms with Crippen LogP contribution in [-0.4, -0.2) is 50.5 Å². The molecule has 11 heteroatoms. The van der Waals surface area contributed by atoms with Gasteiger partial charge in [-0.25, -0.2) is 4.98 Å². The Kier molecular flexibility index (Phi) is 8.32. The summed E-state index contributed by atoms with van der Waals surface area (Å²) in [6.45, 7) is 2.92. The van der Waals surface area contributed by atoms with Crippen molar-refractivity contribution in [3.63, 3.8) is 0 Å². The maximum Gasteiger partial charge on any atom is 0.573 e. The molecule has 1 aromatic heterocycles. The van der Waals surface area contributed by atoms with Gasteiger partial charge in [0.15, 0.2) is 5.82 Å². The molecule has 2 aromatic rings. The number of amides is 2. The molecule has 0 bridgehead atoms. The molecule has 2 N–H and O–H groups in total. The molecule has 1 saturated carbocycles. The Labute approximate surface area is 195 Å². The fourth-order valence-electron chi connectivity index (χ4n) is 3.45. The van der Waals surface area contributed by atoms with Gasteiger partial charge >= 0.3 is 6.36 Å². The number of likely N-dealkylation sites (N-methyl/N-ethyl adjacent to an activating group) is 1. The van der Waals surface area contributed by atoms with Gasteiger partial charge in [-0.2, -0.15) is 0 Å². The molecule has 0 saturated heterocycles. The smallest absolute Gasteiger partial charge is 0.406 e. The van der Waals surface area contributed by atoms with Crippen molar-refractivity contribution in [1.29, 1.82) is 0 Å². The second kappa shape index (κ2) is 11.2. The number of benzene rings is 1. The number of anilines is 2. The molecular formula is C23H27F3N4O4. The van der Waals surface area contributed by atoms with E-state index in [2.05, 4.69) is 26.4 Å². The fourth-order valence-corrected chi connectivity index (χ4v) is 3.45. The normalized spacial score (nSPS) is 15.9. The number of hydrogen-bond donors (Lipinski definition) is 2. The van der Waals surface area contributed by atoms with E-state index in [1.807, 2.05) is 18.1 Å². The average molecular weight is 480 g/mol. The highest BCUT2D eigenvalue weighted by Crippen LogP contribution is 2.42. The predicted octanol–water partition coefficient (Wildman–Crippen LogP) is 3.76. The van der Waals surface area contributed by atoms with E-state index >= 15 is 0 Å². The second-order valence-electron chi connectivity index (χ2n) is 7.93.